The van der Waals surface area contributed by atoms with Crippen LogP contribution in [-0.4, -0.2) is 16.4 Å². The zero-order valence-corrected chi connectivity index (χ0v) is 10.1. The number of rotatable bonds is 2. The van der Waals surface area contributed by atoms with Crippen LogP contribution < -0.4 is 5.32 Å². The fraction of sp³-hybridized carbons (Fsp3) is 0.200. The molecule has 78 valence electrons. The first-order valence-corrected chi connectivity index (χ1v) is 6.08. The molecular weight excluding hydrogens is 278 g/mol. The Hall–Kier alpha value is -0.810. The Kier molecular flexibility index (Phi) is 3.11. The van der Waals surface area contributed by atoms with E-state index in [0.717, 1.165) is 21.8 Å². The van der Waals surface area contributed by atoms with Gasteiger partial charge in [-0.05, 0) is 24.1 Å². The molecule has 1 aromatic carbocycles. The minimum Gasteiger partial charge on any atom is -0.286 e. The fourth-order valence-electron chi connectivity index (χ4n) is 1.41. The van der Waals surface area contributed by atoms with Gasteiger partial charge in [0, 0.05) is 4.47 Å². The number of thioether (sulfide) groups is 1. The lowest BCUT2D eigenvalue weighted by atomic mass is 10.1. The van der Waals surface area contributed by atoms with Gasteiger partial charge in [-0.25, -0.2) is 0 Å². The van der Waals surface area contributed by atoms with E-state index in [1.165, 1.54) is 0 Å². The van der Waals surface area contributed by atoms with E-state index < -0.39 is 0 Å². The van der Waals surface area contributed by atoms with Crippen LogP contribution in [-0.2, 0) is 11.2 Å². The minimum absolute atomic E-state index is 0.190. The van der Waals surface area contributed by atoms with Crippen LogP contribution >= 0.6 is 27.7 Å². The monoisotopic (exact) mass is 285 g/mol. The molecule has 0 spiro atoms. The predicted molar refractivity (Wildman–Crippen MR) is 62.8 cm³/mol. The Morgan fingerprint density at radius 1 is 1.40 bits per heavy atom. The van der Waals surface area contributed by atoms with Gasteiger partial charge in [0.05, 0.1) is 5.25 Å². The van der Waals surface area contributed by atoms with Crippen molar-refractivity contribution in [3.63, 3.8) is 0 Å². The largest absolute Gasteiger partial charge is 0.286 e. The molecule has 1 saturated heterocycles. The van der Waals surface area contributed by atoms with Gasteiger partial charge < -0.3 is 0 Å². The smallest absolute Gasteiger partial charge is 0.286 e. The summed E-state index contributed by atoms with van der Waals surface area (Å²) in [6, 6.07) is 7.74. The van der Waals surface area contributed by atoms with Gasteiger partial charge in [0.2, 0.25) is 5.91 Å². The molecule has 0 radical (unpaired) electrons. The average molecular weight is 286 g/mol. The summed E-state index contributed by atoms with van der Waals surface area (Å²) in [4.78, 5) is 22.3. The van der Waals surface area contributed by atoms with E-state index in [9.17, 15) is 9.59 Å². The Bertz CT molecular complexity index is 422. The Morgan fingerprint density at radius 3 is 2.80 bits per heavy atom. The molecule has 2 amide bonds. The second-order valence-electron chi connectivity index (χ2n) is 3.22. The summed E-state index contributed by atoms with van der Waals surface area (Å²) in [5.41, 5.74) is 1.05. The van der Waals surface area contributed by atoms with E-state index in [-0.39, 0.29) is 16.4 Å². The number of nitrogens with one attached hydrogen (secondary N) is 1. The van der Waals surface area contributed by atoms with Crippen molar-refractivity contribution in [3.8, 4) is 0 Å². The molecular formula is C10H8BrNO2S. The van der Waals surface area contributed by atoms with E-state index in [4.69, 9.17) is 0 Å². The number of halogens is 1. The summed E-state index contributed by atoms with van der Waals surface area (Å²) in [5, 5.41) is 1.74. The van der Waals surface area contributed by atoms with Gasteiger partial charge in [-0.15, -0.1) is 0 Å². The van der Waals surface area contributed by atoms with Gasteiger partial charge in [0.15, 0.2) is 0 Å². The highest BCUT2D eigenvalue weighted by atomic mass is 79.9. The number of benzene rings is 1. The lowest BCUT2D eigenvalue weighted by Crippen LogP contribution is -2.25. The maximum absolute atomic E-state index is 11.3. The van der Waals surface area contributed by atoms with Crippen LogP contribution in [0.5, 0.6) is 0 Å². The molecule has 1 aromatic rings. The molecule has 1 atom stereocenters. The lowest BCUT2D eigenvalue weighted by molar-refractivity contribution is -0.118. The molecule has 1 aliphatic rings. The third-order valence-electron chi connectivity index (χ3n) is 2.08. The summed E-state index contributed by atoms with van der Waals surface area (Å²) in [7, 11) is 0. The topological polar surface area (TPSA) is 46.2 Å². The molecule has 15 heavy (non-hydrogen) atoms. The van der Waals surface area contributed by atoms with Crippen LogP contribution in [0.4, 0.5) is 4.79 Å². The average Bonchev–Trinajstić information content (AvgIpc) is 2.45. The highest BCUT2D eigenvalue weighted by Gasteiger charge is 2.31. The van der Waals surface area contributed by atoms with Gasteiger partial charge in [-0.3, -0.25) is 14.9 Å². The van der Waals surface area contributed by atoms with Crippen molar-refractivity contribution in [2.24, 2.45) is 0 Å². The van der Waals surface area contributed by atoms with Crippen molar-refractivity contribution >= 4 is 38.8 Å². The number of carbonyl (C=O) groups excluding carboxylic acids is 2. The standard InChI is InChI=1S/C10H8BrNO2S/c11-7-3-1-2-6(4-7)5-8-9(13)12-10(14)15-8/h1-4,8H,5H2,(H,12,13,14). The Morgan fingerprint density at radius 2 is 2.20 bits per heavy atom. The SMILES string of the molecule is O=C1NC(=O)C(Cc2cccc(Br)c2)S1. The van der Waals surface area contributed by atoms with Crippen molar-refractivity contribution in [1.82, 2.24) is 5.32 Å². The number of hydrogen-bond acceptors (Lipinski definition) is 3. The van der Waals surface area contributed by atoms with Crippen molar-refractivity contribution < 1.29 is 9.59 Å². The number of carbonyl (C=O) groups is 2. The van der Waals surface area contributed by atoms with Crippen molar-refractivity contribution in [2.75, 3.05) is 0 Å². The quantitative estimate of drug-likeness (QED) is 0.907. The van der Waals surface area contributed by atoms with Gasteiger partial charge in [0.25, 0.3) is 5.24 Å². The molecule has 5 heteroatoms. The summed E-state index contributed by atoms with van der Waals surface area (Å²) in [5.74, 6) is -0.190. The molecule has 1 fully saturated rings. The van der Waals surface area contributed by atoms with Crippen LogP contribution in [0, 0.1) is 0 Å². The zero-order chi connectivity index (χ0) is 10.8. The molecule has 2 rings (SSSR count). The molecule has 1 heterocycles. The first kappa shape index (κ1) is 10.7. The fourth-order valence-corrected chi connectivity index (χ4v) is 2.71. The summed E-state index contributed by atoms with van der Waals surface area (Å²) in [6.07, 6.45) is 0.585. The normalized spacial score (nSPS) is 20.5. The van der Waals surface area contributed by atoms with Gasteiger partial charge >= 0.3 is 0 Å². The van der Waals surface area contributed by atoms with Crippen LogP contribution in [0.25, 0.3) is 0 Å². The maximum atomic E-state index is 11.3. The minimum atomic E-state index is -0.285. The van der Waals surface area contributed by atoms with Crippen molar-refractivity contribution in [1.29, 1.82) is 0 Å². The summed E-state index contributed by atoms with van der Waals surface area (Å²) >= 11 is 4.42. The molecule has 1 aliphatic heterocycles. The second kappa shape index (κ2) is 4.37. The van der Waals surface area contributed by atoms with Crippen LogP contribution in [0.2, 0.25) is 0 Å². The molecule has 1 unspecified atom stereocenters. The Labute approximate surface area is 99.7 Å². The van der Waals surface area contributed by atoms with E-state index >= 15 is 0 Å². The van der Waals surface area contributed by atoms with Gasteiger partial charge in [-0.1, -0.05) is 39.8 Å². The van der Waals surface area contributed by atoms with Crippen molar-refractivity contribution in [3.05, 3.63) is 34.3 Å². The van der Waals surface area contributed by atoms with Crippen molar-refractivity contribution in [2.45, 2.75) is 11.7 Å². The summed E-state index contributed by atoms with van der Waals surface area (Å²) < 4.78 is 0.981. The van der Waals surface area contributed by atoms with E-state index in [1.54, 1.807) is 0 Å². The molecule has 0 aliphatic carbocycles. The Balaban J connectivity index is 2.09. The molecule has 0 aromatic heterocycles. The maximum Gasteiger partial charge on any atom is 0.286 e. The molecule has 0 bridgehead atoms. The lowest BCUT2D eigenvalue weighted by Gasteiger charge is -2.05. The third kappa shape index (κ3) is 2.60. The van der Waals surface area contributed by atoms with Crippen LogP contribution in [0.3, 0.4) is 0 Å². The number of amides is 2. The highest BCUT2D eigenvalue weighted by Crippen LogP contribution is 2.23. The molecule has 1 N–H and O–H groups in total. The molecule has 0 saturated carbocycles. The zero-order valence-electron chi connectivity index (χ0n) is 7.70. The van der Waals surface area contributed by atoms with Crippen LogP contribution in [0.1, 0.15) is 5.56 Å². The van der Waals surface area contributed by atoms with Crippen LogP contribution in [0.15, 0.2) is 28.7 Å². The first-order valence-electron chi connectivity index (χ1n) is 4.41. The van der Waals surface area contributed by atoms with E-state index in [0.29, 0.717) is 6.42 Å². The highest BCUT2D eigenvalue weighted by molar-refractivity contribution is 9.10. The third-order valence-corrected chi connectivity index (χ3v) is 3.55. The van der Waals surface area contributed by atoms with Gasteiger partial charge in [-0.2, -0.15) is 0 Å². The predicted octanol–water partition coefficient (Wildman–Crippen LogP) is 2.34. The van der Waals surface area contributed by atoms with E-state index in [2.05, 4.69) is 21.2 Å². The molecule has 3 nitrogen and oxygen atoms in total. The second-order valence-corrected chi connectivity index (χ2v) is 5.31. The van der Waals surface area contributed by atoms with E-state index in [1.807, 2.05) is 24.3 Å². The number of hydrogen-bond donors (Lipinski definition) is 1. The number of imide groups is 1. The first-order chi connectivity index (χ1) is 7.15. The van der Waals surface area contributed by atoms with Gasteiger partial charge in [0.1, 0.15) is 0 Å². The summed E-state index contributed by atoms with van der Waals surface area (Å²) in [6.45, 7) is 0.